The summed E-state index contributed by atoms with van der Waals surface area (Å²) >= 11 is 0. The van der Waals surface area contributed by atoms with Gasteiger partial charge in [-0.1, -0.05) is 0 Å². The van der Waals surface area contributed by atoms with Crippen LogP contribution in [0.4, 0.5) is 5.95 Å². The Balaban J connectivity index is 1.98. The van der Waals surface area contributed by atoms with Crippen molar-refractivity contribution in [1.29, 1.82) is 0 Å². The minimum absolute atomic E-state index is 0.0450. The zero-order valence-corrected chi connectivity index (χ0v) is 9.77. The minimum atomic E-state index is 0.0450. The molecular weight excluding hydrogens is 234 g/mol. The van der Waals surface area contributed by atoms with E-state index >= 15 is 0 Å². The fourth-order valence-electron chi connectivity index (χ4n) is 2.66. The van der Waals surface area contributed by atoms with Gasteiger partial charge < -0.3 is 20.5 Å². The second kappa shape index (κ2) is 4.18. The van der Waals surface area contributed by atoms with Crippen LogP contribution in [0.2, 0.25) is 0 Å². The van der Waals surface area contributed by atoms with Crippen LogP contribution in [0.25, 0.3) is 11.2 Å². The standard InChI is InChI=1S/C11H15N5O2/c12-11-13-2-8-10(15-11)16(5-14-8)9-1-6(3-17)7(9)4-18/h2,5-7,9,17-18H,1,3-4H2,(H2,12,13,15)/t6-,7+,9-/m1/s1. The Morgan fingerprint density at radius 2 is 2.17 bits per heavy atom. The maximum atomic E-state index is 9.38. The average Bonchev–Trinajstić information content (AvgIpc) is 2.72. The molecule has 3 atom stereocenters. The number of aliphatic hydroxyl groups is 2. The second-order valence-electron chi connectivity index (χ2n) is 4.68. The van der Waals surface area contributed by atoms with Gasteiger partial charge in [0.1, 0.15) is 5.52 Å². The van der Waals surface area contributed by atoms with E-state index in [4.69, 9.17) is 5.73 Å². The number of fused-ring (bicyclic) bond motifs is 1. The number of rotatable bonds is 3. The fraction of sp³-hybridized carbons (Fsp3) is 0.545. The number of hydrogen-bond acceptors (Lipinski definition) is 6. The van der Waals surface area contributed by atoms with Crippen LogP contribution in [0.15, 0.2) is 12.5 Å². The first-order valence-corrected chi connectivity index (χ1v) is 5.91. The van der Waals surface area contributed by atoms with Gasteiger partial charge in [-0.05, 0) is 12.3 Å². The van der Waals surface area contributed by atoms with Gasteiger partial charge in [0.2, 0.25) is 5.95 Å². The Morgan fingerprint density at radius 1 is 1.33 bits per heavy atom. The van der Waals surface area contributed by atoms with Crippen LogP contribution in [0.1, 0.15) is 12.5 Å². The summed E-state index contributed by atoms with van der Waals surface area (Å²) < 4.78 is 1.92. The first kappa shape index (κ1) is 11.4. The zero-order chi connectivity index (χ0) is 12.7. The largest absolute Gasteiger partial charge is 0.396 e. The first-order valence-electron chi connectivity index (χ1n) is 5.91. The third-order valence-electron chi connectivity index (χ3n) is 3.78. The molecule has 0 aliphatic heterocycles. The van der Waals surface area contributed by atoms with E-state index in [2.05, 4.69) is 15.0 Å². The molecule has 1 aliphatic carbocycles. The van der Waals surface area contributed by atoms with Gasteiger partial charge in [-0.2, -0.15) is 4.98 Å². The molecule has 2 aromatic heterocycles. The normalized spacial score (nSPS) is 27.3. The Morgan fingerprint density at radius 3 is 2.89 bits per heavy atom. The third kappa shape index (κ3) is 1.55. The van der Waals surface area contributed by atoms with E-state index < -0.39 is 0 Å². The van der Waals surface area contributed by atoms with Crippen LogP contribution in [0.3, 0.4) is 0 Å². The van der Waals surface area contributed by atoms with E-state index in [0.717, 1.165) is 6.42 Å². The van der Waals surface area contributed by atoms with Crippen molar-refractivity contribution >= 4 is 17.1 Å². The van der Waals surface area contributed by atoms with Crippen LogP contribution in [-0.4, -0.2) is 42.9 Å². The molecule has 0 aromatic carbocycles. The van der Waals surface area contributed by atoms with Crippen molar-refractivity contribution < 1.29 is 10.2 Å². The zero-order valence-electron chi connectivity index (χ0n) is 9.77. The molecule has 3 rings (SSSR count). The highest BCUT2D eigenvalue weighted by atomic mass is 16.3. The lowest BCUT2D eigenvalue weighted by atomic mass is 9.70. The summed E-state index contributed by atoms with van der Waals surface area (Å²) in [5, 5.41) is 18.6. The minimum Gasteiger partial charge on any atom is -0.396 e. The second-order valence-corrected chi connectivity index (χ2v) is 4.68. The molecule has 1 fully saturated rings. The molecule has 4 N–H and O–H groups in total. The lowest BCUT2D eigenvalue weighted by molar-refractivity contribution is -0.00528. The molecule has 1 saturated carbocycles. The fourth-order valence-corrected chi connectivity index (χ4v) is 2.66. The van der Waals surface area contributed by atoms with Crippen molar-refractivity contribution in [2.24, 2.45) is 11.8 Å². The summed E-state index contributed by atoms with van der Waals surface area (Å²) in [6.07, 6.45) is 4.10. The molecule has 0 amide bonds. The SMILES string of the molecule is Nc1ncc2ncn([C@@H]3C[C@H](CO)[C@@H]3CO)c2n1. The Bertz CT molecular complexity index is 570. The molecule has 96 valence electrons. The van der Waals surface area contributed by atoms with Gasteiger partial charge in [0.25, 0.3) is 0 Å². The lowest BCUT2D eigenvalue weighted by Crippen LogP contribution is -2.42. The predicted molar refractivity (Wildman–Crippen MR) is 64.5 cm³/mol. The average molecular weight is 249 g/mol. The molecule has 7 nitrogen and oxygen atoms in total. The quantitative estimate of drug-likeness (QED) is 0.681. The Kier molecular flexibility index (Phi) is 2.64. The van der Waals surface area contributed by atoms with E-state index in [1.165, 1.54) is 0 Å². The predicted octanol–water partition coefficient (Wildman–Crippen LogP) is -0.430. The number of anilines is 1. The van der Waals surface area contributed by atoms with Gasteiger partial charge in [0.05, 0.1) is 12.5 Å². The summed E-state index contributed by atoms with van der Waals surface area (Å²) in [6, 6.07) is 0.117. The molecule has 1 aliphatic rings. The van der Waals surface area contributed by atoms with Crippen LogP contribution in [0, 0.1) is 11.8 Å². The highest BCUT2D eigenvalue weighted by molar-refractivity contribution is 5.70. The van der Waals surface area contributed by atoms with E-state index in [9.17, 15) is 10.2 Å². The van der Waals surface area contributed by atoms with Crippen LogP contribution in [-0.2, 0) is 0 Å². The van der Waals surface area contributed by atoms with Gasteiger partial charge >= 0.3 is 0 Å². The van der Waals surface area contributed by atoms with Gasteiger partial charge in [-0.25, -0.2) is 9.97 Å². The van der Waals surface area contributed by atoms with Gasteiger partial charge in [0.15, 0.2) is 5.65 Å². The molecule has 2 heterocycles. The number of imidazole rings is 1. The van der Waals surface area contributed by atoms with Crippen molar-refractivity contribution in [3.05, 3.63) is 12.5 Å². The lowest BCUT2D eigenvalue weighted by Gasteiger charge is -2.43. The first-order chi connectivity index (χ1) is 8.74. The molecule has 0 radical (unpaired) electrons. The summed E-state index contributed by atoms with van der Waals surface area (Å²) in [5.74, 6) is 0.406. The number of aromatic nitrogens is 4. The molecule has 0 unspecified atom stereocenters. The molecule has 0 spiro atoms. The van der Waals surface area contributed by atoms with Gasteiger partial charge in [-0.3, -0.25) is 0 Å². The smallest absolute Gasteiger partial charge is 0.222 e. The number of aliphatic hydroxyl groups excluding tert-OH is 2. The Hall–Kier alpha value is -1.73. The highest BCUT2D eigenvalue weighted by Gasteiger charge is 2.41. The summed E-state index contributed by atoms with van der Waals surface area (Å²) in [4.78, 5) is 12.3. The van der Waals surface area contributed by atoms with Gasteiger partial charge in [0, 0.05) is 25.2 Å². The number of nitrogens with two attached hydrogens (primary N) is 1. The van der Waals surface area contributed by atoms with Crippen LogP contribution in [0.5, 0.6) is 0 Å². The van der Waals surface area contributed by atoms with Crippen molar-refractivity contribution in [2.45, 2.75) is 12.5 Å². The Labute approximate surface area is 103 Å². The molecule has 0 saturated heterocycles. The summed E-state index contributed by atoms with van der Waals surface area (Å²) in [5.41, 5.74) is 6.95. The van der Waals surface area contributed by atoms with E-state index in [0.29, 0.717) is 11.2 Å². The molecule has 2 aromatic rings. The molecular formula is C11H15N5O2. The van der Waals surface area contributed by atoms with Crippen LogP contribution < -0.4 is 5.73 Å². The van der Waals surface area contributed by atoms with Crippen LogP contribution >= 0.6 is 0 Å². The van der Waals surface area contributed by atoms with Crippen molar-refractivity contribution in [2.75, 3.05) is 18.9 Å². The maximum Gasteiger partial charge on any atom is 0.222 e. The van der Waals surface area contributed by atoms with E-state index in [1.807, 2.05) is 4.57 Å². The van der Waals surface area contributed by atoms with Gasteiger partial charge in [-0.15, -0.1) is 0 Å². The highest BCUT2D eigenvalue weighted by Crippen LogP contribution is 2.44. The molecule has 7 heteroatoms. The maximum absolute atomic E-state index is 9.38. The van der Waals surface area contributed by atoms with Crippen molar-refractivity contribution in [3.63, 3.8) is 0 Å². The number of nitrogen functional groups attached to an aromatic ring is 1. The van der Waals surface area contributed by atoms with Crippen molar-refractivity contribution in [3.8, 4) is 0 Å². The molecule has 0 bridgehead atoms. The monoisotopic (exact) mass is 249 g/mol. The topological polar surface area (TPSA) is 110 Å². The number of nitrogens with zero attached hydrogens (tertiary/aromatic N) is 4. The van der Waals surface area contributed by atoms with E-state index in [-0.39, 0.29) is 37.0 Å². The van der Waals surface area contributed by atoms with Crippen molar-refractivity contribution in [1.82, 2.24) is 19.5 Å². The summed E-state index contributed by atoms with van der Waals surface area (Å²) in [7, 11) is 0. The molecule has 18 heavy (non-hydrogen) atoms. The summed E-state index contributed by atoms with van der Waals surface area (Å²) in [6.45, 7) is 0.154. The number of hydrogen-bond donors (Lipinski definition) is 3. The van der Waals surface area contributed by atoms with E-state index in [1.54, 1.807) is 12.5 Å². The third-order valence-corrected chi connectivity index (χ3v) is 3.78.